The third-order valence-electron chi connectivity index (χ3n) is 6.32. The van der Waals surface area contributed by atoms with Gasteiger partial charge < -0.3 is 25.0 Å². The van der Waals surface area contributed by atoms with Crippen LogP contribution in [0, 0.1) is 0 Å². The molecule has 39 heavy (non-hydrogen) atoms. The molecule has 0 fully saturated rings. The van der Waals surface area contributed by atoms with Crippen molar-refractivity contribution < 1.29 is 28.5 Å². The number of halogens is 2. The number of aliphatic hydroxyl groups is 2. The molecule has 3 N–H and O–H groups in total. The zero-order valence-corrected chi connectivity index (χ0v) is 21.6. The molecule has 0 radical (unpaired) electrons. The summed E-state index contributed by atoms with van der Waals surface area (Å²) in [6, 6.07) is 29.8. The Morgan fingerprint density at radius 2 is 1.51 bits per heavy atom. The summed E-state index contributed by atoms with van der Waals surface area (Å²) in [7, 11) is 0. The molecular weight excluding hydrogens is 500 g/mol. The number of hydrogen-bond acceptors (Lipinski definition) is 5. The van der Waals surface area contributed by atoms with Gasteiger partial charge in [-0.3, -0.25) is 0 Å². The monoisotopic (exact) mass is 533 g/mol. The van der Waals surface area contributed by atoms with E-state index >= 15 is 0 Å². The van der Waals surface area contributed by atoms with Crippen LogP contribution in [-0.4, -0.2) is 29.9 Å². The Kier molecular flexibility index (Phi) is 10.0. The highest BCUT2D eigenvalue weighted by Crippen LogP contribution is 2.29. The second-order valence-electron chi connectivity index (χ2n) is 9.28. The lowest BCUT2D eigenvalue weighted by Crippen LogP contribution is -2.24. The van der Waals surface area contributed by atoms with Crippen LogP contribution in [0.4, 0.5) is 8.78 Å². The molecule has 0 spiro atoms. The highest BCUT2D eigenvalue weighted by atomic mass is 19.3. The van der Waals surface area contributed by atoms with Gasteiger partial charge in [-0.05, 0) is 53.9 Å². The molecule has 0 amide bonds. The molecule has 1 atom stereocenters. The average Bonchev–Trinajstić information content (AvgIpc) is 2.98. The molecule has 5 nitrogen and oxygen atoms in total. The van der Waals surface area contributed by atoms with Gasteiger partial charge in [0.05, 0.1) is 12.7 Å². The maximum absolute atomic E-state index is 14.4. The molecule has 4 aromatic carbocycles. The van der Waals surface area contributed by atoms with Crippen LogP contribution in [0.3, 0.4) is 0 Å². The Hall–Kier alpha value is -3.78. The molecule has 0 aliphatic rings. The summed E-state index contributed by atoms with van der Waals surface area (Å²) < 4.78 is 40.1. The third-order valence-corrected chi connectivity index (χ3v) is 6.32. The highest BCUT2D eigenvalue weighted by molar-refractivity contribution is 5.38. The van der Waals surface area contributed by atoms with Gasteiger partial charge in [-0.15, -0.1) is 0 Å². The lowest BCUT2D eigenvalue weighted by molar-refractivity contribution is -0.0467. The fraction of sp³-hybridized carbons (Fsp3) is 0.250. The zero-order chi connectivity index (χ0) is 27.5. The molecule has 0 aromatic heterocycles. The number of aliphatic hydroxyl groups excluding tert-OH is 2. The Labute approximate surface area is 227 Å². The molecule has 0 aliphatic carbocycles. The first-order chi connectivity index (χ1) is 18.9. The standard InChI is InChI=1S/C32H33F2NO4/c33-32(34,28-11-5-2-6-12-28)23-39-29-13-7-10-24(18-29)16-17-35-20-30(37)26-14-15-31(27(19-26)21-36)38-22-25-8-3-1-4-9-25/h1-15,18-19,30,35-37H,16-17,20-23H2. The molecular formula is C32H33F2NO4. The molecule has 0 aliphatic heterocycles. The molecule has 4 rings (SSSR count). The van der Waals surface area contributed by atoms with E-state index in [4.69, 9.17) is 9.47 Å². The van der Waals surface area contributed by atoms with Crippen molar-refractivity contribution in [3.63, 3.8) is 0 Å². The van der Waals surface area contributed by atoms with Crippen LogP contribution in [0.1, 0.15) is 33.9 Å². The van der Waals surface area contributed by atoms with Crippen LogP contribution in [-0.2, 0) is 25.6 Å². The van der Waals surface area contributed by atoms with Gasteiger partial charge in [-0.1, -0.05) is 78.9 Å². The number of hydrogen-bond donors (Lipinski definition) is 3. The molecule has 7 heteroatoms. The van der Waals surface area contributed by atoms with Crippen molar-refractivity contribution >= 4 is 0 Å². The summed E-state index contributed by atoms with van der Waals surface area (Å²) in [5, 5.41) is 23.7. The van der Waals surface area contributed by atoms with Crippen molar-refractivity contribution in [2.24, 2.45) is 0 Å². The molecule has 0 bridgehead atoms. The van der Waals surface area contributed by atoms with Crippen molar-refractivity contribution in [1.29, 1.82) is 0 Å². The highest BCUT2D eigenvalue weighted by Gasteiger charge is 2.32. The van der Waals surface area contributed by atoms with Crippen molar-refractivity contribution in [3.8, 4) is 11.5 Å². The minimum Gasteiger partial charge on any atom is -0.489 e. The fourth-order valence-corrected chi connectivity index (χ4v) is 4.13. The number of rotatable bonds is 14. The van der Waals surface area contributed by atoms with Gasteiger partial charge in [0.25, 0.3) is 0 Å². The number of benzene rings is 4. The summed E-state index contributed by atoms with van der Waals surface area (Å²) in [5.41, 5.74) is 3.16. The average molecular weight is 534 g/mol. The first-order valence-corrected chi connectivity index (χ1v) is 12.9. The van der Waals surface area contributed by atoms with Crippen LogP contribution in [0.25, 0.3) is 0 Å². The lowest BCUT2D eigenvalue weighted by Gasteiger charge is -2.18. The van der Waals surface area contributed by atoms with Crippen molar-refractivity contribution in [2.75, 3.05) is 19.7 Å². The maximum atomic E-state index is 14.4. The molecule has 204 valence electrons. The topological polar surface area (TPSA) is 71.0 Å². The predicted octanol–water partition coefficient (Wildman–Crippen LogP) is 5.79. The zero-order valence-electron chi connectivity index (χ0n) is 21.6. The van der Waals surface area contributed by atoms with Crippen molar-refractivity contribution in [2.45, 2.75) is 31.7 Å². The van der Waals surface area contributed by atoms with E-state index in [1.165, 1.54) is 12.1 Å². The summed E-state index contributed by atoms with van der Waals surface area (Å²) in [6.45, 7) is 0.337. The van der Waals surface area contributed by atoms with E-state index in [9.17, 15) is 19.0 Å². The van der Waals surface area contributed by atoms with E-state index in [0.29, 0.717) is 48.7 Å². The Morgan fingerprint density at radius 3 is 2.26 bits per heavy atom. The number of nitrogens with one attached hydrogen (secondary N) is 1. The van der Waals surface area contributed by atoms with E-state index < -0.39 is 18.6 Å². The minimum absolute atomic E-state index is 0.0793. The second kappa shape index (κ2) is 13.8. The van der Waals surface area contributed by atoms with Gasteiger partial charge in [0.15, 0.2) is 6.61 Å². The van der Waals surface area contributed by atoms with Crippen LogP contribution >= 0.6 is 0 Å². The fourth-order valence-electron chi connectivity index (χ4n) is 4.13. The summed E-state index contributed by atoms with van der Waals surface area (Å²) in [5.74, 6) is -2.12. The van der Waals surface area contributed by atoms with Gasteiger partial charge in [0.2, 0.25) is 0 Å². The quantitative estimate of drug-likeness (QED) is 0.179. The van der Waals surface area contributed by atoms with Crippen LogP contribution in [0.15, 0.2) is 103 Å². The first kappa shape index (κ1) is 28.2. The van der Waals surface area contributed by atoms with Gasteiger partial charge in [0.1, 0.15) is 18.1 Å². The summed E-state index contributed by atoms with van der Waals surface area (Å²) in [6.07, 6.45) is -0.138. The van der Waals surface area contributed by atoms with E-state index in [0.717, 1.165) is 11.1 Å². The Morgan fingerprint density at radius 1 is 0.795 bits per heavy atom. The second-order valence-corrected chi connectivity index (χ2v) is 9.28. The van der Waals surface area contributed by atoms with E-state index in [2.05, 4.69) is 5.32 Å². The molecule has 0 heterocycles. The molecule has 0 saturated heterocycles. The van der Waals surface area contributed by atoms with Crippen LogP contribution in [0.2, 0.25) is 0 Å². The van der Waals surface area contributed by atoms with E-state index in [1.807, 2.05) is 36.4 Å². The maximum Gasteiger partial charge on any atom is 0.306 e. The Bertz CT molecular complexity index is 1300. The van der Waals surface area contributed by atoms with E-state index in [-0.39, 0.29) is 12.2 Å². The smallest absolute Gasteiger partial charge is 0.306 e. The minimum atomic E-state index is -3.09. The summed E-state index contributed by atoms with van der Waals surface area (Å²) >= 11 is 0. The summed E-state index contributed by atoms with van der Waals surface area (Å²) in [4.78, 5) is 0. The van der Waals surface area contributed by atoms with Gasteiger partial charge in [-0.2, -0.15) is 8.78 Å². The van der Waals surface area contributed by atoms with Crippen LogP contribution < -0.4 is 14.8 Å². The van der Waals surface area contributed by atoms with Gasteiger partial charge in [0, 0.05) is 17.7 Å². The van der Waals surface area contributed by atoms with E-state index in [1.54, 1.807) is 54.6 Å². The molecule has 1 unspecified atom stereocenters. The van der Waals surface area contributed by atoms with Crippen molar-refractivity contribution in [1.82, 2.24) is 5.32 Å². The SMILES string of the molecule is OCc1cc(C(O)CNCCc2cccc(OCC(F)(F)c3ccccc3)c2)ccc1OCc1ccccc1. The van der Waals surface area contributed by atoms with Gasteiger partial charge >= 0.3 is 5.92 Å². The first-order valence-electron chi connectivity index (χ1n) is 12.9. The number of ether oxygens (including phenoxy) is 2. The molecule has 0 saturated carbocycles. The lowest BCUT2D eigenvalue weighted by atomic mass is 10.0. The van der Waals surface area contributed by atoms with Crippen molar-refractivity contribution in [3.05, 3.63) is 131 Å². The molecule has 4 aromatic rings. The van der Waals surface area contributed by atoms with Crippen LogP contribution in [0.5, 0.6) is 11.5 Å². The Balaban J connectivity index is 1.23. The third kappa shape index (κ3) is 8.35. The predicted molar refractivity (Wildman–Crippen MR) is 147 cm³/mol. The normalized spacial score (nSPS) is 12.2. The largest absolute Gasteiger partial charge is 0.489 e. The van der Waals surface area contributed by atoms with Gasteiger partial charge in [-0.25, -0.2) is 0 Å². The number of alkyl halides is 2.